The summed E-state index contributed by atoms with van der Waals surface area (Å²) >= 11 is 0. The largest absolute Gasteiger partial charge is 0.357 e. The molecule has 0 unspecified atom stereocenters. The summed E-state index contributed by atoms with van der Waals surface area (Å²) < 4.78 is 0. The molecule has 5 heteroatoms. The van der Waals surface area contributed by atoms with Gasteiger partial charge in [-0.3, -0.25) is 4.79 Å². The van der Waals surface area contributed by atoms with Gasteiger partial charge in [0.15, 0.2) is 0 Å². The van der Waals surface area contributed by atoms with E-state index in [2.05, 4.69) is 34.4 Å². The summed E-state index contributed by atoms with van der Waals surface area (Å²) in [6.07, 6.45) is 1.69. The monoisotopic (exact) mass is 264 g/mol. The summed E-state index contributed by atoms with van der Waals surface area (Å²) in [5.74, 6) is 0.850. The SMILES string of the molecule is CCN(CC)c1ccc(NC(=O)C(C)(C)NC)cn1. The van der Waals surface area contributed by atoms with Crippen LogP contribution >= 0.6 is 0 Å². The topological polar surface area (TPSA) is 57.3 Å². The number of hydrogen-bond acceptors (Lipinski definition) is 4. The van der Waals surface area contributed by atoms with E-state index in [1.165, 1.54) is 0 Å². The number of hydrogen-bond donors (Lipinski definition) is 2. The Morgan fingerprint density at radius 3 is 2.37 bits per heavy atom. The first-order valence-corrected chi connectivity index (χ1v) is 6.66. The van der Waals surface area contributed by atoms with Gasteiger partial charge in [-0.05, 0) is 46.9 Å². The Morgan fingerprint density at radius 2 is 1.95 bits per heavy atom. The fourth-order valence-electron chi connectivity index (χ4n) is 1.60. The lowest BCUT2D eigenvalue weighted by atomic mass is 10.1. The van der Waals surface area contributed by atoms with Crippen LogP contribution < -0.4 is 15.5 Å². The number of nitrogens with zero attached hydrogens (tertiary/aromatic N) is 2. The van der Waals surface area contributed by atoms with Gasteiger partial charge < -0.3 is 15.5 Å². The first-order chi connectivity index (χ1) is 8.94. The number of nitrogens with one attached hydrogen (secondary N) is 2. The van der Waals surface area contributed by atoms with Crippen molar-refractivity contribution >= 4 is 17.4 Å². The highest BCUT2D eigenvalue weighted by Gasteiger charge is 2.25. The summed E-state index contributed by atoms with van der Waals surface area (Å²) in [5.41, 5.74) is 0.113. The highest BCUT2D eigenvalue weighted by atomic mass is 16.2. The number of pyridine rings is 1. The molecule has 0 saturated carbocycles. The summed E-state index contributed by atoms with van der Waals surface area (Å²) in [6.45, 7) is 9.69. The third kappa shape index (κ3) is 3.92. The Kier molecular flexibility index (Phi) is 5.30. The van der Waals surface area contributed by atoms with E-state index in [4.69, 9.17) is 0 Å². The van der Waals surface area contributed by atoms with E-state index in [0.29, 0.717) is 5.69 Å². The van der Waals surface area contributed by atoms with Gasteiger partial charge in [-0.15, -0.1) is 0 Å². The summed E-state index contributed by atoms with van der Waals surface area (Å²) in [6, 6.07) is 3.80. The fourth-order valence-corrected chi connectivity index (χ4v) is 1.60. The zero-order chi connectivity index (χ0) is 14.5. The Balaban J connectivity index is 2.75. The molecule has 1 aromatic heterocycles. The molecule has 1 aromatic rings. The van der Waals surface area contributed by atoms with Crippen LogP contribution in [0.4, 0.5) is 11.5 Å². The maximum atomic E-state index is 12.0. The number of anilines is 2. The minimum Gasteiger partial charge on any atom is -0.357 e. The van der Waals surface area contributed by atoms with Crippen molar-refractivity contribution in [2.45, 2.75) is 33.2 Å². The van der Waals surface area contributed by atoms with Gasteiger partial charge in [0.2, 0.25) is 5.91 Å². The number of amides is 1. The molecule has 0 saturated heterocycles. The maximum Gasteiger partial charge on any atom is 0.244 e. The average Bonchev–Trinajstić information content (AvgIpc) is 2.42. The average molecular weight is 264 g/mol. The summed E-state index contributed by atoms with van der Waals surface area (Å²) in [4.78, 5) is 18.5. The molecule has 19 heavy (non-hydrogen) atoms. The van der Waals surface area contributed by atoms with Crippen molar-refractivity contribution in [2.75, 3.05) is 30.4 Å². The molecule has 0 aromatic carbocycles. The van der Waals surface area contributed by atoms with Crippen LogP contribution in [0.5, 0.6) is 0 Å². The Morgan fingerprint density at radius 1 is 1.32 bits per heavy atom. The van der Waals surface area contributed by atoms with E-state index in [1.807, 2.05) is 26.0 Å². The van der Waals surface area contributed by atoms with Crippen molar-refractivity contribution in [2.24, 2.45) is 0 Å². The molecule has 0 spiro atoms. The van der Waals surface area contributed by atoms with Gasteiger partial charge in [0, 0.05) is 13.1 Å². The van der Waals surface area contributed by atoms with Crippen molar-refractivity contribution in [1.82, 2.24) is 10.3 Å². The molecule has 0 radical (unpaired) electrons. The molecule has 5 nitrogen and oxygen atoms in total. The van der Waals surface area contributed by atoms with Crippen LogP contribution in [-0.4, -0.2) is 36.6 Å². The Labute approximate surface area is 115 Å². The molecular formula is C14H24N4O. The highest BCUT2D eigenvalue weighted by molar-refractivity contribution is 5.97. The first-order valence-electron chi connectivity index (χ1n) is 6.66. The molecule has 1 heterocycles. The van der Waals surface area contributed by atoms with Crippen molar-refractivity contribution in [3.63, 3.8) is 0 Å². The molecule has 0 bridgehead atoms. The van der Waals surface area contributed by atoms with Crippen LogP contribution in [0.3, 0.4) is 0 Å². The van der Waals surface area contributed by atoms with Crippen molar-refractivity contribution in [3.05, 3.63) is 18.3 Å². The van der Waals surface area contributed by atoms with Gasteiger partial charge >= 0.3 is 0 Å². The second-order valence-corrected chi connectivity index (χ2v) is 4.91. The van der Waals surface area contributed by atoms with Gasteiger partial charge in [0.05, 0.1) is 17.4 Å². The second-order valence-electron chi connectivity index (χ2n) is 4.91. The van der Waals surface area contributed by atoms with Crippen molar-refractivity contribution in [1.29, 1.82) is 0 Å². The number of aromatic nitrogens is 1. The second kappa shape index (κ2) is 6.52. The molecule has 106 valence electrons. The highest BCUT2D eigenvalue weighted by Crippen LogP contribution is 2.15. The summed E-state index contributed by atoms with van der Waals surface area (Å²) in [7, 11) is 1.77. The van der Waals surface area contributed by atoms with E-state index in [-0.39, 0.29) is 5.91 Å². The molecule has 2 N–H and O–H groups in total. The quantitative estimate of drug-likeness (QED) is 0.823. The molecule has 0 aliphatic carbocycles. The molecule has 1 rings (SSSR count). The summed E-state index contributed by atoms with van der Waals surface area (Å²) in [5, 5.41) is 5.82. The minimum atomic E-state index is -0.600. The van der Waals surface area contributed by atoms with E-state index < -0.39 is 5.54 Å². The van der Waals surface area contributed by atoms with Crippen LogP contribution in [0.25, 0.3) is 0 Å². The Hall–Kier alpha value is -1.62. The molecule has 0 aliphatic rings. The standard InChI is InChI=1S/C14H24N4O/c1-6-18(7-2)12-9-8-11(10-16-12)17-13(19)14(3,4)15-5/h8-10,15H,6-7H2,1-5H3,(H,17,19). The van der Waals surface area contributed by atoms with Gasteiger partial charge in [0.1, 0.15) is 5.82 Å². The zero-order valence-electron chi connectivity index (χ0n) is 12.4. The molecule has 0 atom stereocenters. The van der Waals surface area contributed by atoms with Gasteiger partial charge in [-0.1, -0.05) is 0 Å². The lowest BCUT2D eigenvalue weighted by Gasteiger charge is -2.23. The van der Waals surface area contributed by atoms with Crippen LogP contribution in [0.2, 0.25) is 0 Å². The molecule has 1 amide bonds. The van der Waals surface area contributed by atoms with Crippen LogP contribution in [0, 0.1) is 0 Å². The van der Waals surface area contributed by atoms with E-state index in [9.17, 15) is 4.79 Å². The zero-order valence-corrected chi connectivity index (χ0v) is 12.4. The van der Waals surface area contributed by atoms with Crippen LogP contribution in [0.1, 0.15) is 27.7 Å². The van der Waals surface area contributed by atoms with Gasteiger partial charge in [-0.25, -0.2) is 4.98 Å². The van der Waals surface area contributed by atoms with Gasteiger partial charge in [0.25, 0.3) is 0 Å². The predicted molar refractivity (Wildman–Crippen MR) is 79.6 cm³/mol. The minimum absolute atomic E-state index is 0.0765. The third-order valence-electron chi connectivity index (χ3n) is 3.29. The van der Waals surface area contributed by atoms with E-state index in [1.54, 1.807) is 13.2 Å². The van der Waals surface area contributed by atoms with E-state index in [0.717, 1.165) is 18.9 Å². The predicted octanol–water partition coefficient (Wildman–Crippen LogP) is 1.86. The first kappa shape index (κ1) is 15.4. The normalized spacial score (nSPS) is 11.2. The lowest BCUT2D eigenvalue weighted by molar-refractivity contribution is -0.121. The fraction of sp³-hybridized carbons (Fsp3) is 0.571. The van der Waals surface area contributed by atoms with E-state index >= 15 is 0 Å². The van der Waals surface area contributed by atoms with Crippen molar-refractivity contribution in [3.8, 4) is 0 Å². The molecule has 0 fully saturated rings. The Bertz CT molecular complexity index is 410. The molecule has 0 aliphatic heterocycles. The smallest absolute Gasteiger partial charge is 0.244 e. The van der Waals surface area contributed by atoms with Gasteiger partial charge in [-0.2, -0.15) is 0 Å². The molecular weight excluding hydrogens is 240 g/mol. The van der Waals surface area contributed by atoms with Crippen LogP contribution in [-0.2, 0) is 4.79 Å². The number of carbonyl (C=O) groups is 1. The number of likely N-dealkylation sites (N-methyl/N-ethyl adjacent to an activating group) is 1. The van der Waals surface area contributed by atoms with Crippen molar-refractivity contribution < 1.29 is 4.79 Å². The lowest BCUT2D eigenvalue weighted by Crippen LogP contribution is -2.47. The number of rotatable bonds is 6. The van der Waals surface area contributed by atoms with Crippen LogP contribution in [0.15, 0.2) is 18.3 Å². The maximum absolute atomic E-state index is 12.0. The third-order valence-corrected chi connectivity index (χ3v) is 3.29. The number of carbonyl (C=O) groups excluding carboxylic acids is 1.